The van der Waals surface area contributed by atoms with Crippen molar-refractivity contribution in [3.05, 3.63) is 29.8 Å². The standard InChI is InChI=1S/C22H30N4O5/c1-2-30-21(28)9-24-22(29)26-12-17-7-18(13-26)11-25(10-17)14-19(27)15-31-20-5-3-16(8-23)4-6-20/h3-6,17-19,27H,2,7,9-15H2,1H3,(H,24,29). The highest BCUT2D eigenvalue weighted by Crippen LogP contribution is 2.28. The summed E-state index contributed by atoms with van der Waals surface area (Å²) in [7, 11) is 0. The van der Waals surface area contributed by atoms with E-state index >= 15 is 0 Å². The van der Waals surface area contributed by atoms with Crippen molar-refractivity contribution in [2.75, 3.05) is 52.5 Å². The van der Waals surface area contributed by atoms with Crippen LogP contribution in [-0.2, 0) is 9.53 Å². The lowest BCUT2D eigenvalue weighted by molar-refractivity contribution is -0.141. The number of aliphatic hydroxyl groups excluding tert-OH is 1. The van der Waals surface area contributed by atoms with E-state index in [9.17, 15) is 14.7 Å². The predicted octanol–water partition coefficient (Wildman–Crippen LogP) is 0.824. The number of ether oxygens (including phenoxy) is 2. The number of likely N-dealkylation sites (tertiary alicyclic amines) is 2. The molecule has 2 aliphatic heterocycles. The van der Waals surface area contributed by atoms with Gasteiger partial charge in [-0.15, -0.1) is 0 Å². The van der Waals surface area contributed by atoms with Crippen LogP contribution in [0, 0.1) is 23.2 Å². The zero-order valence-corrected chi connectivity index (χ0v) is 17.8. The summed E-state index contributed by atoms with van der Waals surface area (Å²) < 4.78 is 10.5. The minimum atomic E-state index is -0.626. The van der Waals surface area contributed by atoms with Crippen LogP contribution in [0.25, 0.3) is 0 Å². The maximum Gasteiger partial charge on any atom is 0.325 e. The van der Waals surface area contributed by atoms with E-state index in [4.69, 9.17) is 14.7 Å². The van der Waals surface area contributed by atoms with Crippen molar-refractivity contribution in [3.63, 3.8) is 0 Å². The average molecular weight is 431 g/mol. The zero-order valence-electron chi connectivity index (χ0n) is 17.8. The summed E-state index contributed by atoms with van der Waals surface area (Å²) in [4.78, 5) is 27.8. The minimum absolute atomic E-state index is 0.115. The number of carbonyl (C=O) groups excluding carboxylic acids is 2. The molecule has 2 aliphatic rings. The molecule has 0 aliphatic carbocycles. The lowest BCUT2D eigenvalue weighted by atomic mass is 9.84. The first-order valence-electron chi connectivity index (χ1n) is 10.7. The fourth-order valence-corrected chi connectivity index (χ4v) is 4.34. The molecular formula is C22H30N4O5. The van der Waals surface area contributed by atoms with Gasteiger partial charge in [0.2, 0.25) is 0 Å². The van der Waals surface area contributed by atoms with E-state index < -0.39 is 12.1 Å². The Hall–Kier alpha value is -2.83. The highest BCUT2D eigenvalue weighted by atomic mass is 16.5. The van der Waals surface area contributed by atoms with Crippen LogP contribution >= 0.6 is 0 Å². The number of carbonyl (C=O) groups is 2. The van der Waals surface area contributed by atoms with Gasteiger partial charge in [0.25, 0.3) is 0 Å². The van der Waals surface area contributed by atoms with Crippen molar-refractivity contribution in [2.45, 2.75) is 19.4 Å². The Kier molecular flexibility index (Phi) is 8.09. The number of aliphatic hydroxyl groups is 1. The Morgan fingerprint density at radius 3 is 2.52 bits per heavy atom. The molecule has 0 radical (unpaired) electrons. The van der Waals surface area contributed by atoms with Gasteiger partial charge in [-0.2, -0.15) is 5.26 Å². The molecular weight excluding hydrogens is 400 g/mol. The lowest BCUT2D eigenvalue weighted by Crippen LogP contribution is -2.57. The molecule has 2 fully saturated rings. The van der Waals surface area contributed by atoms with Crippen LogP contribution in [0.4, 0.5) is 4.79 Å². The second-order valence-electron chi connectivity index (χ2n) is 8.16. The van der Waals surface area contributed by atoms with Crippen LogP contribution in [0.15, 0.2) is 24.3 Å². The van der Waals surface area contributed by atoms with E-state index in [0.29, 0.717) is 49.4 Å². The topological polar surface area (TPSA) is 115 Å². The molecule has 0 aromatic heterocycles. The van der Waals surface area contributed by atoms with Crippen molar-refractivity contribution in [1.29, 1.82) is 5.26 Å². The molecule has 2 bridgehead atoms. The van der Waals surface area contributed by atoms with Crippen LogP contribution in [0.3, 0.4) is 0 Å². The molecule has 0 spiro atoms. The molecule has 2 amide bonds. The fraction of sp³-hybridized carbons (Fsp3) is 0.591. The quantitative estimate of drug-likeness (QED) is 0.587. The van der Waals surface area contributed by atoms with Crippen LogP contribution in [0.2, 0.25) is 0 Å². The molecule has 168 valence electrons. The van der Waals surface area contributed by atoms with Crippen LogP contribution < -0.4 is 10.1 Å². The zero-order chi connectivity index (χ0) is 22.2. The Balaban J connectivity index is 1.40. The summed E-state index contributed by atoms with van der Waals surface area (Å²) in [6.07, 6.45) is 0.439. The van der Waals surface area contributed by atoms with Crippen LogP contribution in [0.1, 0.15) is 18.9 Å². The third-order valence-electron chi connectivity index (χ3n) is 5.53. The number of nitrogens with zero attached hydrogens (tertiary/aromatic N) is 3. The molecule has 2 N–H and O–H groups in total. The van der Waals surface area contributed by atoms with Gasteiger partial charge >= 0.3 is 12.0 Å². The molecule has 3 rings (SSSR count). The Morgan fingerprint density at radius 1 is 1.23 bits per heavy atom. The van der Waals surface area contributed by atoms with Gasteiger partial charge in [0.1, 0.15) is 25.0 Å². The SMILES string of the molecule is CCOC(=O)CNC(=O)N1CC2CC(CN(CC(O)COc3ccc(C#N)cc3)C2)C1. The number of fused-ring (bicyclic) bond motifs is 2. The third kappa shape index (κ3) is 6.84. The van der Waals surface area contributed by atoms with E-state index in [1.54, 1.807) is 36.1 Å². The fourth-order valence-electron chi connectivity index (χ4n) is 4.34. The van der Waals surface area contributed by atoms with Crippen molar-refractivity contribution in [2.24, 2.45) is 11.8 Å². The van der Waals surface area contributed by atoms with E-state index in [-0.39, 0.29) is 19.2 Å². The van der Waals surface area contributed by atoms with Gasteiger partial charge in [0.15, 0.2) is 0 Å². The van der Waals surface area contributed by atoms with Crippen LogP contribution in [-0.4, -0.2) is 85.5 Å². The third-order valence-corrected chi connectivity index (χ3v) is 5.53. The molecule has 2 saturated heterocycles. The molecule has 3 atom stereocenters. The Bertz CT molecular complexity index is 780. The van der Waals surface area contributed by atoms with Gasteiger partial charge < -0.3 is 24.8 Å². The largest absolute Gasteiger partial charge is 0.491 e. The highest BCUT2D eigenvalue weighted by molar-refractivity contribution is 5.80. The Morgan fingerprint density at radius 2 is 1.90 bits per heavy atom. The lowest BCUT2D eigenvalue weighted by Gasteiger charge is -2.46. The summed E-state index contributed by atoms with van der Waals surface area (Å²) in [5.41, 5.74) is 0.566. The predicted molar refractivity (Wildman–Crippen MR) is 112 cm³/mol. The maximum atomic E-state index is 12.4. The van der Waals surface area contributed by atoms with E-state index in [2.05, 4.69) is 16.3 Å². The van der Waals surface area contributed by atoms with Crippen molar-refractivity contribution in [3.8, 4) is 11.8 Å². The summed E-state index contributed by atoms with van der Waals surface area (Å²) in [6.45, 7) is 5.50. The van der Waals surface area contributed by atoms with Gasteiger partial charge in [0.05, 0.1) is 18.2 Å². The Labute approximate surface area is 182 Å². The number of nitrogens with one attached hydrogen (secondary N) is 1. The normalized spacial score (nSPS) is 21.6. The monoisotopic (exact) mass is 430 g/mol. The van der Waals surface area contributed by atoms with Crippen molar-refractivity contribution < 1.29 is 24.2 Å². The number of hydrogen-bond acceptors (Lipinski definition) is 7. The molecule has 31 heavy (non-hydrogen) atoms. The number of esters is 1. The molecule has 0 saturated carbocycles. The van der Waals surface area contributed by atoms with Crippen molar-refractivity contribution in [1.82, 2.24) is 15.1 Å². The van der Waals surface area contributed by atoms with E-state index in [0.717, 1.165) is 19.5 Å². The summed E-state index contributed by atoms with van der Waals surface area (Å²) >= 11 is 0. The number of rotatable bonds is 8. The van der Waals surface area contributed by atoms with Gasteiger partial charge in [-0.05, 0) is 49.4 Å². The number of β-amino-alcohol motifs (C(OH)–C–C–N with tert-alkyl or cyclic N) is 1. The minimum Gasteiger partial charge on any atom is -0.491 e. The molecule has 1 aromatic rings. The summed E-state index contributed by atoms with van der Waals surface area (Å²) in [5.74, 6) is 0.870. The molecule has 2 heterocycles. The first-order chi connectivity index (χ1) is 15.0. The van der Waals surface area contributed by atoms with Gasteiger partial charge in [0, 0.05) is 32.7 Å². The second kappa shape index (κ2) is 11.0. The van der Waals surface area contributed by atoms with Crippen molar-refractivity contribution >= 4 is 12.0 Å². The molecule has 9 heteroatoms. The van der Waals surface area contributed by atoms with E-state index in [1.807, 2.05) is 0 Å². The van der Waals surface area contributed by atoms with Crippen LogP contribution in [0.5, 0.6) is 5.75 Å². The first kappa shape index (κ1) is 22.8. The average Bonchev–Trinajstić information content (AvgIpc) is 2.76. The number of urea groups is 1. The maximum absolute atomic E-state index is 12.4. The van der Waals surface area contributed by atoms with Gasteiger partial charge in [-0.1, -0.05) is 0 Å². The van der Waals surface area contributed by atoms with Gasteiger partial charge in [-0.3, -0.25) is 9.69 Å². The number of hydrogen-bond donors (Lipinski definition) is 2. The smallest absolute Gasteiger partial charge is 0.325 e. The molecule has 9 nitrogen and oxygen atoms in total. The second-order valence-corrected chi connectivity index (χ2v) is 8.16. The molecule has 3 unspecified atom stereocenters. The first-order valence-corrected chi connectivity index (χ1v) is 10.7. The van der Waals surface area contributed by atoms with Gasteiger partial charge in [-0.25, -0.2) is 4.79 Å². The summed E-state index contributed by atoms with van der Waals surface area (Å²) in [5, 5.41) is 21.9. The number of nitriles is 1. The summed E-state index contributed by atoms with van der Waals surface area (Å²) in [6, 6.07) is 8.64. The number of amides is 2. The highest BCUT2D eigenvalue weighted by Gasteiger charge is 2.36. The molecule has 1 aromatic carbocycles. The number of benzene rings is 1. The number of piperidine rings is 2. The van der Waals surface area contributed by atoms with E-state index in [1.165, 1.54) is 0 Å².